The second kappa shape index (κ2) is 6.96. The minimum Gasteiger partial charge on any atom is -0.449 e. The quantitative estimate of drug-likeness (QED) is 0.804. The van der Waals surface area contributed by atoms with E-state index in [1.807, 2.05) is 26.0 Å². The highest BCUT2D eigenvalue weighted by molar-refractivity contribution is 7.80. The van der Waals surface area contributed by atoms with E-state index in [0.29, 0.717) is 29.6 Å². The molecule has 5 heteroatoms. The number of hydrogen-bond acceptors (Lipinski definition) is 3. The second-order valence-corrected chi connectivity index (χ2v) is 4.98. The number of nitrogens with two attached hydrogens (primary N) is 1. The van der Waals surface area contributed by atoms with Gasteiger partial charge in [-0.1, -0.05) is 38.2 Å². The van der Waals surface area contributed by atoms with Crippen molar-refractivity contribution in [2.45, 2.75) is 20.3 Å². The summed E-state index contributed by atoms with van der Waals surface area (Å²) in [5, 5.41) is 2.65. The summed E-state index contributed by atoms with van der Waals surface area (Å²) in [7, 11) is 0. The van der Waals surface area contributed by atoms with Crippen LogP contribution >= 0.6 is 12.2 Å². The number of amides is 1. The predicted molar refractivity (Wildman–Crippen MR) is 76.7 cm³/mol. The molecular weight excluding hydrogens is 248 g/mol. The summed E-state index contributed by atoms with van der Waals surface area (Å²) >= 11 is 4.83. The van der Waals surface area contributed by atoms with E-state index in [-0.39, 0.29) is 0 Å². The van der Waals surface area contributed by atoms with Crippen LogP contribution < -0.4 is 11.1 Å². The van der Waals surface area contributed by atoms with Crippen LogP contribution in [-0.2, 0) is 11.2 Å². The Morgan fingerprint density at radius 1 is 1.39 bits per heavy atom. The third-order valence-electron chi connectivity index (χ3n) is 2.13. The van der Waals surface area contributed by atoms with Gasteiger partial charge in [0.25, 0.3) is 0 Å². The first-order chi connectivity index (χ1) is 8.47. The summed E-state index contributed by atoms with van der Waals surface area (Å²) in [6, 6.07) is 7.34. The number of ether oxygens (including phenoxy) is 1. The van der Waals surface area contributed by atoms with E-state index in [4.69, 9.17) is 22.7 Å². The van der Waals surface area contributed by atoms with E-state index in [2.05, 4.69) is 5.32 Å². The lowest BCUT2D eigenvalue weighted by Gasteiger charge is -2.09. The van der Waals surface area contributed by atoms with Crippen molar-refractivity contribution in [3.05, 3.63) is 29.8 Å². The average Bonchev–Trinajstić information content (AvgIpc) is 2.28. The van der Waals surface area contributed by atoms with E-state index in [9.17, 15) is 4.79 Å². The molecule has 0 heterocycles. The molecule has 1 aromatic carbocycles. The molecule has 0 aliphatic carbocycles. The summed E-state index contributed by atoms with van der Waals surface area (Å²) in [6.45, 7) is 4.38. The monoisotopic (exact) mass is 266 g/mol. The number of carbonyl (C=O) groups excluding carboxylic acids is 1. The fourth-order valence-corrected chi connectivity index (χ4v) is 1.47. The van der Waals surface area contributed by atoms with Gasteiger partial charge in [-0.15, -0.1) is 0 Å². The van der Waals surface area contributed by atoms with E-state index >= 15 is 0 Å². The average molecular weight is 266 g/mol. The van der Waals surface area contributed by atoms with E-state index in [1.54, 1.807) is 12.1 Å². The lowest BCUT2D eigenvalue weighted by molar-refractivity contribution is 0.147. The maximum atomic E-state index is 11.4. The summed E-state index contributed by atoms with van der Waals surface area (Å²) in [4.78, 5) is 11.9. The largest absolute Gasteiger partial charge is 0.449 e. The third kappa shape index (κ3) is 5.63. The van der Waals surface area contributed by atoms with Gasteiger partial charge in [-0.3, -0.25) is 5.32 Å². The molecule has 0 aromatic heterocycles. The van der Waals surface area contributed by atoms with Crippen LogP contribution in [0.4, 0.5) is 10.5 Å². The van der Waals surface area contributed by atoms with Crippen molar-refractivity contribution in [2.75, 3.05) is 11.9 Å². The molecule has 1 rings (SSSR count). The normalized spacial score (nSPS) is 10.2. The molecule has 0 unspecified atom stereocenters. The molecule has 0 fully saturated rings. The van der Waals surface area contributed by atoms with Gasteiger partial charge in [0.05, 0.1) is 11.6 Å². The van der Waals surface area contributed by atoms with Crippen molar-refractivity contribution in [3.8, 4) is 0 Å². The van der Waals surface area contributed by atoms with E-state index in [0.717, 1.165) is 5.56 Å². The first-order valence-corrected chi connectivity index (χ1v) is 6.19. The number of thiocarbonyl (C=S) groups is 1. The van der Waals surface area contributed by atoms with Crippen LogP contribution in [0.25, 0.3) is 0 Å². The standard InChI is InChI=1S/C13H18N2O2S/c1-9(2)8-17-13(16)15-11-5-3-10(4-6-11)7-12(14)18/h3-6,9H,7-8H2,1-2H3,(H2,14,18)(H,15,16). The summed E-state index contributed by atoms with van der Waals surface area (Å²) in [5.41, 5.74) is 7.16. The van der Waals surface area contributed by atoms with Gasteiger partial charge in [0, 0.05) is 12.1 Å². The minimum absolute atomic E-state index is 0.323. The summed E-state index contributed by atoms with van der Waals surface area (Å²) in [5.74, 6) is 0.323. The van der Waals surface area contributed by atoms with Gasteiger partial charge in [0.15, 0.2) is 0 Å². The molecule has 4 nitrogen and oxygen atoms in total. The van der Waals surface area contributed by atoms with Gasteiger partial charge in [0.2, 0.25) is 0 Å². The number of nitrogens with one attached hydrogen (secondary N) is 1. The molecule has 1 amide bonds. The highest BCUT2D eigenvalue weighted by atomic mass is 32.1. The minimum atomic E-state index is -0.439. The van der Waals surface area contributed by atoms with Crippen molar-refractivity contribution < 1.29 is 9.53 Å². The van der Waals surface area contributed by atoms with Crippen molar-refractivity contribution in [2.24, 2.45) is 11.7 Å². The summed E-state index contributed by atoms with van der Waals surface area (Å²) < 4.78 is 5.01. The lowest BCUT2D eigenvalue weighted by atomic mass is 10.1. The molecule has 0 spiro atoms. The Morgan fingerprint density at radius 2 is 2.00 bits per heavy atom. The molecule has 0 atom stereocenters. The highest BCUT2D eigenvalue weighted by Gasteiger charge is 2.04. The molecule has 0 saturated carbocycles. The van der Waals surface area contributed by atoms with Gasteiger partial charge in [-0.25, -0.2) is 4.79 Å². The molecule has 0 bridgehead atoms. The first kappa shape index (κ1) is 14.4. The zero-order chi connectivity index (χ0) is 13.5. The molecule has 0 radical (unpaired) electrons. The highest BCUT2D eigenvalue weighted by Crippen LogP contribution is 2.10. The van der Waals surface area contributed by atoms with Crippen LogP contribution in [0.3, 0.4) is 0 Å². The van der Waals surface area contributed by atoms with Gasteiger partial charge in [-0.05, 0) is 23.6 Å². The molecule has 0 aliphatic heterocycles. The van der Waals surface area contributed by atoms with E-state index in [1.165, 1.54) is 0 Å². The number of benzene rings is 1. The fraction of sp³-hybridized carbons (Fsp3) is 0.385. The van der Waals surface area contributed by atoms with Gasteiger partial charge in [0.1, 0.15) is 0 Å². The van der Waals surface area contributed by atoms with Crippen LogP contribution in [0.15, 0.2) is 24.3 Å². The van der Waals surface area contributed by atoms with Crippen LogP contribution in [0.5, 0.6) is 0 Å². The maximum absolute atomic E-state index is 11.4. The topological polar surface area (TPSA) is 64.3 Å². The van der Waals surface area contributed by atoms with Gasteiger partial charge in [-0.2, -0.15) is 0 Å². The molecule has 18 heavy (non-hydrogen) atoms. The Hall–Kier alpha value is -1.62. The molecule has 0 aliphatic rings. The molecule has 98 valence electrons. The zero-order valence-corrected chi connectivity index (χ0v) is 11.4. The van der Waals surface area contributed by atoms with Gasteiger partial charge >= 0.3 is 6.09 Å². The Balaban J connectivity index is 2.48. The van der Waals surface area contributed by atoms with Crippen molar-refractivity contribution >= 4 is 29.0 Å². The number of rotatable bonds is 5. The Bertz CT molecular complexity index is 416. The summed E-state index contributed by atoms with van der Waals surface area (Å²) in [6.07, 6.45) is 0.124. The van der Waals surface area contributed by atoms with Crippen molar-refractivity contribution in [3.63, 3.8) is 0 Å². The van der Waals surface area contributed by atoms with Crippen LogP contribution in [-0.4, -0.2) is 17.7 Å². The van der Waals surface area contributed by atoms with Crippen LogP contribution in [0.2, 0.25) is 0 Å². The molecule has 1 aromatic rings. The van der Waals surface area contributed by atoms with E-state index < -0.39 is 6.09 Å². The number of anilines is 1. The van der Waals surface area contributed by atoms with Crippen molar-refractivity contribution in [1.82, 2.24) is 0 Å². The Labute approximate surface area is 113 Å². The fourth-order valence-electron chi connectivity index (χ4n) is 1.30. The Kier molecular flexibility index (Phi) is 5.58. The SMILES string of the molecule is CC(C)COC(=O)Nc1ccc(CC(N)=S)cc1. The van der Waals surface area contributed by atoms with Crippen LogP contribution in [0.1, 0.15) is 19.4 Å². The molecular formula is C13H18N2O2S. The van der Waals surface area contributed by atoms with Crippen LogP contribution in [0, 0.1) is 5.92 Å². The lowest BCUT2D eigenvalue weighted by Crippen LogP contribution is -2.16. The second-order valence-electron chi connectivity index (χ2n) is 4.46. The smallest absolute Gasteiger partial charge is 0.411 e. The first-order valence-electron chi connectivity index (χ1n) is 5.78. The maximum Gasteiger partial charge on any atom is 0.411 e. The molecule has 3 N–H and O–H groups in total. The van der Waals surface area contributed by atoms with Crippen molar-refractivity contribution in [1.29, 1.82) is 0 Å². The third-order valence-corrected chi connectivity index (χ3v) is 2.27. The zero-order valence-electron chi connectivity index (χ0n) is 10.6. The number of hydrogen-bond donors (Lipinski definition) is 2. The predicted octanol–water partition coefficient (Wildman–Crippen LogP) is 2.72. The van der Waals surface area contributed by atoms with Gasteiger partial charge < -0.3 is 10.5 Å². The number of carbonyl (C=O) groups is 1. The Morgan fingerprint density at radius 3 is 2.50 bits per heavy atom. The molecule has 0 saturated heterocycles.